The standard InChI is InChI=1S/C19H20F3N3O4/c1-3-29-17(27)18(19(20,21)22,24-12-13-5-4-10-23-11-13)25-16(26)14-6-8-15(28-2)9-7-14/h4-11,24H,3,12H2,1-2H3,(H,25,26)/t18-/m1/s1. The number of nitrogens with zero attached hydrogens (tertiary/aromatic N) is 1. The summed E-state index contributed by atoms with van der Waals surface area (Å²) in [4.78, 5) is 28.7. The summed E-state index contributed by atoms with van der Waals surface area (Å²) >= 11 is 0. The van der Waals surface area contributed by atoms with E-state index < -0.39 is 30.3 Å². The van der Waals surface area contributed by atoms with E-state index in [0.29, 0.717) is 11.3 Å². The molecule has 0 saturated carbocycles. The molecule has 0 aliphatic rings. The molecule has 156 valence electrons. The molecule has 0 radical (unpaired) electrons. The number of benzene rings is 1. The van der Waals surface area contributed by atoms with Crippen LogP contribution in [0, 0.1) is 0 Å². The third-order valence-corrected chi connectivity index (χ3v) is 3.94. The van der Waals surface area contributed by atoms with Crippen LogP contribution in [0.25, 0.3) is 0 Å². The molecular formula is C19H20F3N3O4. The van der Waals surface area contributed by atoms with Gasteiger partial charge in [-0.05, 0) is 42.8 Å². The first-order valence-electron chi connectivity index (χ1n) is 8.58. The highest BCUT2D eigenvalue weighted by Crippen LogP contribution is 2.31. The van der Waals surface area contributed by atoms with Gasteiger partial charge in [0.05, 0.1) is 13.7 Å². The van der Waals surface area contributed by atoms with Gasteiger partial charge in [0.25, 0.3) is 11.6 Å². The Morgan fingerprint density at radius 3 is 2.34 bits per heavy atom. The maximum Gasteiger partial charge on any atom is 0.436 e. The first kappa shape index (κ1) is 22.2. The fraction of sp³-hybridized carbons (Fsp3) is 0.316. The SMILES string of the molecule is CCOC(=O)[C@@](NCc1cccnc1)(NC(=O)c1ccc(OC)cc1)C(F)(F)F. The zero-order valence-electron chi connectivity index (χ0n) is 15.7. The average Bonchev–Trinajstić information content (AvgIpc) is 2.71. The number of esters is 1. The van der Waals surface area contributed by atoms with Gasteiger partial charge in [0.2, 0.25) is 0 Å². The van der Waals surface area contributed by atoms with Gasteiger partial charge < -0.3 is 14.8 Å². The molecule has 1 amide bonds. The van der Waals surface area contributed by atoms with Gasteiger partial charge >= 0.3 is 12.1 Å². The van der Waals surface area contributed by atoms with Gasteiger partial charge in [0.1, 0.15) is 5.75 Å². The van der Waals surface area contributed by atoms with Gasteiger partial charge in [-0.2, -0.15) is 13.2 Å². The van der Waals surface area contributed by atoms with Gasteiger partial charge in [-0.25, -0.2) is 4.79 Å². The summed E-state index contributed by atoms with van der Waals surface area (Å²) in [6.07, 6.45) is -2.40. The van der Waals surface area contributed by atoms with Crippen LogP contribution < -0.4 is 15.4 Å². The normalized spacial score (nSPS) is 13.3. The van der Waals surface area contributed by atoms with Crippen molar-refractivity contribution in [3.05, 3.63) is 59.9 Å². The minimum atomic E-state index is -5.19. The minimum absolute atomic E-state index is 0.0908. The molecule has 0 unspecified atom stereocenters. The second-order valence-electron chi connectivity index (χ2n) is 5.87. The zero-order valence-corrected chi connectivity index (χ0v) is 15.7. The van der Waals surface area contributed by atoms with Crippen molar-refractivity contribution in [2.24, 2.45) is 0 Å². The van der Waals surface area contributed by atoms with E-state index in [-0.39, 0.29) is 12.2 Å². The Hall–Kier alpha value is -3.14. The number of pyridine rings is 1. The van der Waals surface area contributed by atoms with Crippen molar-refractivity contribution in [3.8, 4) is 5.75 Å². The highest BCUT2D eigenvalue weighted by Gasteiger charge is 2.63. The molecule has 1 aromatic heterocycles. The number of alkyl halides is 3. The summed E-state index contributed by atoms with van der Waals surface area (Å²) in [6, 6.07) is 8.45. The smallest absolute Gasteiger partial charge is 0.436 e. The predicted molar refractivity (Wildman–Crippen MR) is 97.0 cm³/mol. The number of ether oxygens (including phenoxy) is 2. The van der Waals surface area contributed by atoms with Crippen LogP contribution in [0.5, 0.6) is 5.75 Å². The lowest BCUT2D eigenvalue weighted by molar-refractivity contribution is -0.219. The van der Waals surface area contributed by atoms with E-state index in [1.54, 1.807) is 5.32 Å². The molecule has 10 heteroatoms. The monoisotopic (exact) mass is 411 g/mol. The fourth-order valence-corrected chi connectivity index (χ4v) is 2.42. The largest absolute Gasteiger partial charge is 0.497 e. The summed E-state index contributed by atoms with van der Waals surface area (Å²) in [5.74, 6) is -2.36. The molecule has 2 rings (SSSR count). The van der Waals surface area contributed by atoms with Crippen LogP contribution in [0.4, 0.5) is 13.2 Å². The summed E-state index contributed by atoms with van der Waals surface area (Å²) in [6.45, 7) is 0.671. The number of carbonyl (C=O) groups is 2. The van der Waals surface area contributed by atoms with Gasteiger partial charge in [-0.3, -0.25) is 15.1 Å². The molecular weight excluding hydrogens is 391 g/mol. The Labute approximate surface area is 165 Å². The fourth-order valence-electron chi connectivity index (χ4n) is 2.42. The molecule has 29 heavy (non-hydrogen) atoms. The first-order chi connectivity index (χ1) is 13.7. The number of hydrogen-bond acceptors (Lipinski definition) is 6. The molecule has 0 aliphatic carbocycles. The van der Waals surface area contributed by atoms with Crippen LogP contribution in [0.3, 0.4) is 0 Å². The van der Waals surface area contributed by atoms with E-state index in [1.807, 2.05) is 0 Å². The lowest BCUT2D eigenvalue weighted by Gasteiger charge is -2.34. The number of amides is 1. The minimum Gasteiger partial charge on any atom is -0.497 e. The Morgan fingerprint density at radius 2 is 1.83 bits per heavy atom. The Morgan fingerprint density at radius 1 is 1.14 bits per heavy atom. The average molecular weight is 411 g/mol. The van der Waals surface area contributed by atoms with Gasteiger partial charge in [0, 0.05) is 24.5 Å². The molecule has 0 fully saturated rings. The number of halogens is 3. The van der Waals surface area contributed by atoms with E-state index in [9.17, 15) is 22.8 Å². The third-order valence-electron chi connectivity index (χ3n) is 3.94. The summed E-state index contributed by atoms with van der Waals surface area (Å²) in [5, 5.41) is 3.87. The lowest BCUT2D eigenvalue weighted by Crippen LogP contribution is -2.72. The van der Waals surface area contributed by atoms with Crippen molar-refractivity contribution in [3.63, 3.8) is 0 Å². The highest BCUT2D eigenvalue weighted by molar-refractivity contribution is 5.98. The second kappa shape index (κ2) is 9.37. The van der Waals surface area contributed by atoms with E-state index in [0.717, 1.165) is 0 Å². The van der Waals surface area contributed by atoms with Crippen LogP contribution in [0.2, 0.25) is 0 Å². The molecule has 1 heterocycles. The van der Waals surface area contributed by atoms with Gasteiger partial charge in [-0.1, -0.05) is 6.07 Å². The van der Waals surface area contributed by atoms with Gasteiger partial charge in [0.15, 0.2) is 0 Å². The Kier molecular flexibility index (Phi) is 7.16. The molecule has 0 bridgehead atoms. The highest BCUT2D eigenvalue weighted by atomic mass is 19.4. The maximum absolute atomic E-state index is 14.0. The lowest BCUT2D eigenvalue weighted by atomic mass is 10.1. The van der Waals surface area contributed by atoms with Crippen molar-refractivity contribution in [2.45, 2.75) is 25.3 Å². The molecule has 2 N–H and O–H groups in total. The molecule has 2 aromatic rings. The first-order valence-corrected chi connectivity index (χ1v) is 8.58. The second-order valence-corrected chi connectivity index (χ2v) is 5.87. The number of carbonyl (C=O) groups excluding carboxylic acids is 2. The van der Waals surface area contributed by atoms with Crippen LogP contribution in [-0.2, 0) is 16.1 Å². The summed E-state index contributed by atoms with van der Waals surface area (Å²) in [7, 11) is 1.41. The van der Waals surface area contributed by atoms with E-state index >= 15 is 0 Å². The number of methoxy groups -OCH3 is 1. The number of hydrogen-bond donors (Lipinski definition) is 2. The summed E-state index contributed by atoms with van der Waals surface area (Å²) in [5.41, 5.74) is -3.16. The number of rotatable bonds is 8. The predicted octanol–water partition coefficient (Wildman–Crippen LogP) is 2.43. The number of nitrogens with one attached hydrogen (secondary N) is 2. The number of aromatic nitrogens is 1. The van der Waals surface area contributed by atoms with Crippen molar-refractivity contribution < 1.29 is 32.2 Å². The zero-order chi connectivity index (χ0) is 21.5. The molecule has 0 saturated heterocycles. The quantitative estimate of drug-likeness (QED) is 0.512. The third kappa shape index (κ3) is 5.23. The molecule has 0 spiro atoms. The topological polar surface area (TPSA) is 89.5 Å². The Balaban J connectivity index is 2.37. The van der Waals surface area contributed by atoms with Crippen molar-refractivity contribution in [2.75, 3.05) is 13.7 Å². The van der Waals surface area contributed by atoms with E-state index in [2.05, 4.69) is 15.0 Å². The van der Waals surface area contributed by atoms with Crippen molar-refractivity contribution in [1.29, 1.82) is 0 Å². The maximum atomic E-state index is 14.0. The molecule has 7 nitrogen and oxygen atoms in total. The van der Waals surface area contributed by atoms with Crippen LogP contribution in [0.1, 0.15) is 22.8 Å². The van der Waals surface area contributed by atoms with E-state index in [4.69, 9.17) is 4.74 Å². The summed E-state index contributed by atoms with van der Waals surface area (Å²) < 4.78 is 51.7. The van der Waals surface area contributed by atoms with Crippen LogP contribution in [-0.4, -0.2) is 42.4 Å². The molecule has 1 atom stereocenters. The molecule has 1 aromatic carbocycles. The Bertz CT molecular complexity index is 829. The van der Waals surface area contributed by atoms with Crippen LogP contribution >= 0.6 is 0 Å². The van der Waals surface area contributed by atoms with Crippen LogP contribution in [0.15, 0.2) is 48.8 Å². The van der Waals surface area contributed by atoms with E-state index in [1.165, 1.54) is 62.8 Å². The van der Waals surface area contributed by atoms with Gasteiger partial charge in [-0.15, -0.1) is 0 Å². The van der Waals surface area contributed by atoms with Crippen molar-refractivity contribution in [1.82, 2.24) is 15.6 Å². The molecule has 0 aliphatic heterocycles. The van der Waals surface area contributed by atoms with Crippen molar-refractivity contribution >= 4 is 11.9 Å².